The molecule has 0 bridgehead atoms. The van der Waals surface area contributed by atoms with Gasteiger partial charge in [-0.15, -0.1) is 0 Å². The van der Waals surface area contributed by atoms with E-state index >= 15 is 0 Å². The van der Waals surface area contributed by atoms with Crippen LogP contribution in [0.5, 0.6) is 5.75 Å². The Morgan fingerprint density at radius 2 is 1.82 bits per heavy atom. The Morgan fingerprint density at radius 1 is 1.09 bits per heavy atom. The maximum absolute atomic E-state index is 13.3. The lowest BCUT2D eigenvalue weighted by Gasteiger charge is -2.18. The van der Waals surface area contributed by atoms with Gasteiger partial charge in [-0.1, -0.05) is 30.8 Å². The lowest BCUT2D eigenvalue weighted by Crippen LogP contribution is -2.34. The van der Waals surface area contributed by atoms with Crippen LogP contribution in [0.2, 0.25) is 0 Å². The second kappa shape index (κ2) is 9.48. The van der Waals surface area contributed by atoms with Gasteiger partial charge in [0.2, 0.25) is 10.0 Å². The number of sulfonamides is 1. The minimum absolute atomic E-state index is 0.0450. The maximum atomic E-state index is 13.3. The lowest BCUT2D eigenvalue weighted by molar-refractivity contribution is 0.392. The molecular weight excluding hydrogens is 444 g/mol. The van der Waals surface area contributed by atoms with Crippen LogP contribution in [0.1, 0.15) is 50.0 Å². The van der Waals surface area contributed by atoms with Crippen LogP contribution in [-0.2, 0) is 10.0 Å². The molecule has 0 spiro atoms. The highest BCUT2D eigenvalue weighted by atomic mass is 32.2. The molecule has 0 atom stereocenters. The zero-order valence-corrected chi connectivity index (χ0v) is 19.8. The van der Waals surface area contributed by atoms with Crippen LogP contribution >= 0.6 is 0 Å². The molecule has 1 N–H and O–H groups in total. The molecule has 176 valence electrons. The van der Waals surface area contributed by atoms with Gasteiger partial charge in [-0.2, -0.15) is 9.78 Å². The molecule has 1 fully saturated rings. The summed E-state index contributed by atoms with van der Waals surface area (Å²) in [6.07, 6.45) is 5.93. The number of methoxy groups -OCH3 is 1. The van der Waals surface area contributed by atoms with Gasteiger partial charge in [0.05, 0.1) is 12.8 Å². The summed E-state index contributed by atoms with van der Waals surface area (Å²) in [5, 5.41) is 8.35. The van der Waals surface area contributed by atoms with Crippen molar-refractivity contribution in [3.05, 3.63) is 52.1 Å². The average Bonchev–Trinajstić information content (AvgIpc) is 2.97. The molecule has 0 amide bonds. The number of nitrogens with zero attached hydrogens (tertiary/aromatic N) is 3. The van der Waals surface area contributed by atoms with Crippen LogP contribution in [0, 0.1) is 13.8 Å². The average molecular weight is 473 g/mol. The predicted octanol–water partition coefficient (Wildman–Crippen LogP) is 3.51. The fraction of sp³-hybridized carbons (Fsp3) is 0.435. The Labute approximate surface area is 192 Å². The quantitative estimate of drug-likeness (QED) is 0.546. The van der Waals surface area contributed by atoms with Crippen molar-refractivity contribution in [1.82, 2.24) is 19.7 Å². The summed E-state index contributed by atoms with van der Waals surface area (Å²) in [5.41, 5.74) is 1.63. The largest absolute Gasteiger partial charge is 0.495 e. The van der Waals surface area contributed by atoms with E-state index in [1.807, 2.05) is 0 Å². The minimum Gasteiger partial charge on any atom is -0.495 e. The van der Waals surface area contributed by atoms with E-state index in [-0.39, 0.29) is 22.2 Å². The monoisotopic (exact) mass is 472 g/mol. The van der Waals surface area contributed by atoms with Gasteiger partial charge in [-0.05, 0) is 51.0 Å². The van der Waals surface area contributed by atoms with E-state index in [1.165, 1.54) is 23.9 Å². The van der Waals surface area contributed by atoms with E-state index in [0.717, 1.165) is 38.5 Å². The first kappa shape index (κ1) is 23.2. The molecule has 1 aromatic carbocycles. The summed E-state index contributed by atoms with van der Waals surface area (Å²) >= 11 is 0. The molecule has 1 saturated carbocycles. The van der Waals surface area contributed by atoms with Gasteiger partial charge in [0, 0.05) is 17.7 Å². The van der Waals surface area contributed by atoms with Crippen LogP contribution in [0.25, 0.3) is 16.9 Å². The van der Waals surface area contributed by atoms with Crippen molar-refractivity contribution in [1.29, 1.82) is 0 Å². The van der Waals surface area contributed by atoms with Crippen molar-refractivity contribution >= 4 is 10.0 Å². The molecular formula is C23H28N4O5S. The SMILES string of the molecule is COc1ccc(-c2ccc(=O)n(-c3c(C)noc3C)n2)cc1S(=O)(=O)NC1CCCCCC1. The zero-order chi connectivity index (χ0) is 23.6. The molecule has 0 aliphatic heterocycles. The molecule has 9 nitrogen and oxygen atoms in total. The van der Waals surface area contributed by atoms with E-state index in [4.69, 9.17) is 9.26 Å². The Kier molecular flexibility index (Phi) is 6.66. The summed E-state index contributed by atoms with van der Waals surface area (Å²) in [6.45, 7) is 3.43. The van der Waals surface area contributed by atoms with Crippen LogP contribution in [0.15, 0.2) is 44.5 Å². The number of aromatic nitrogens is 3. The fourth-order valence-electron chi connectivity index (χ4n) is 4.23. The van der Waals surface area contributed by atoms with Gasteiger partial charge >= 0.3 is 0 Å². The summed E-state index contributed by atoms with van der Waals surface area (Å²) < 4.78 is 41.2. The van der Waals surface area contributed by atoms with Gasteiger partial charge in [-0.25, -0.2) is 13.1 Å². The first-order valence-electron chi connectivity index (χ1n) is 11.0. The molecule has 2 heterocycles. The van der Waals surface area contributed by atoms with Crippen molar-refractivity contribution in [3.63, 3.8) is 0 Å². The number of hydrogen-bond acceptors (Lipinski definition) is 7. The van der Waals surface area contributed by atoms with Gasteiger partial charge in [0.25, 0.3) is 5.56 Å². The zero-order valence-electron chi connectivity index (χ0n) is 19.0. The predicted molar refractivity (Wildman–Crippen MR) is 123 cm³/mol. The van der Waals surface area contributed by atoms with Crippen LogP contribution in [0.3, 0.4) is 0 Å². The number of ether oxygens (including phenoxy) is 1. The first-order valence-corrected chi connectivity index (χ1v) is 12.5. The number of rotatable bonds is 6. The maximum Gasteiger partial charge on any atom is 0.271 e. The van der Waals surface area contributed by atoms with Crippen molar-refractivity contribution in [2.45, 2.75) is 63.3 Å². The molecule has 1 aliphatic rings. The highest BCUT2D eigenvalue weighted by Crippen LogP contribution is 2.30. The topological polar surface area (TPSA) is 116 Å². The number of aryl methyl sites for hydroxylation is 2. The van der Waals surface area contributed by atoms with Gasteiger partial charge in [0.15, 0.2) is 5.76 Å². The van der Waals surface area contributed by atoms with E-state index in [1.54, 1.807) is 32.0 Å². The summed E-state index contributed by atoms with van der Waals surface area (Å²) in [7, 11) is -2.38. The molecule has 0 radical (unpaired) electrons. The smallest absolute Gasteiger partial charge is 0.271 e. The van der Waals surface area contributed by atoms with E-state index in [0.29, 0.717) is 28.4 Å². The van der Waals surface area contributed by atoms with Crippen molar-refractivity contribution in [2.75, 3.05) is 7.11 Å². The van der Waals surface area contributed by atoms with Gasteiger partial charge in [-0.3, -0.25) is 4.79 Å². The molecule has 10 heteroatoms. The number of benzene rings is 1. The Bertz CT molecular complexity index is 1290. The lowest BCUT2D eigenvalue weighted by atomic mass is 10.1. The van der Waals surface area contributed by atoms with Crippen molar-refractivity contribution in [3.8, 4) is 22.7 Å². The molecule has 2 aromatic heterocycles. The van der Waals surface area contributed by atoms with Crippen molar-refractivity contribution in [2.24, 2.45) is 0 Å². The van der Waals surface area contributed by atoms with Gasteiger partial charge in [0.1, 0.15) is 22.0 Å². The van der Waals surface area contributed by atoms with Crippen LogP contribution in [-0.4, -0.2) is 36.5 Å². The molecule has 0 unspecified atom stereocenters. The Hall–Kier alpha value is -2.98. The minimum atomic E-state index is -3.82. The second-order valence-electron chi connectivity index (χ2n) is 8.32. The first-order chi connectivity index (χ1) is 15.8. The number of hydrogen-bond donors (Lipinski definition) is 1. The molecule has 1 aliphatic carbocycles. The van der Waals surface area contributed by atoms with Gasteiger partial charge < -0.3 is 9.26 Å². The van der Waals surface area contributed by atoms with Crippen LogP contribution < -0.4 is 15.0 Å². The Balaban J connectivity index is 1.74. The second-order valence-corrected chi connectivity index (χ2v) is 10.00. The summed E-state index contributed by atoms with van der Waals surface area (Å²) in [5.74, 6) is 0.712. The van der Waals surface area contributed by atoms with Crippen molar-refractivity contribution < 1.29 is 17.7 Å². The molecule has 0 saturated heterocycles. The third-order valence-corrected chi connectivity index (χ3v) is 7.48. The third-order valence-electron chi connectivity index (χ3n) is 5.93. The van der Waals surface area contributed by atoms with Crippen LogP contribution in [0.4, 0.5) is 0 Å². The highest BCUT2D eigenvalue weighted by Gasteiger charge is 2.25. The number of nitrogens with one attached hydrogen (secondary N) is 1. The van der Waals surface area contributed by atoms with E-state index in [9.17, 15) is 13.2 Å². The summed E-state index contributed by atoms with van der Waals surface area (Å²) in [6, 6.07) is 7.70. The molecule has 3 aromatic rings. The van der Waals surface area contributed by atoms with E-state index < -0.39 is 10.0 Å². The Morgan fingerprint density at radius 3 is 2.45 bits per heavy atom. The highest BCUT2D eigenvalue weighted by molar-refractivity contribution is 7.89. The summed E-state index contributed by atoms with van der Waals surface area (Å²) in [4.78, 5) is 12.5. The standard InChI is InChI=1S/C23H28N4O5S/c1-15-23(16(2)32-25-15)27-22(28)13-11-19(24-27)17-10-12-20(31-3)21(14-17)33(29,30)26-18-8-6-4-5-7-9-18/h10-14,18,26H,4-9H2,1-3H3. The van der Waals surface area contributed by atoms with E-state index in [2.05, 4.69) is 15.0 Å². The fourth-order valence-corrected chi connectivity index (χ4v) is 5.73. The molecule has 4 rings (SSSR count). The third kappa shape index (κ3) is 4.86. The molecule has 33 heavy (non-hydrogen) atoms. The normalized spacial score (nSPS) is 15.4.